The van der Waals surface area contributed by atoms with Crippen molar-refractivity contribution in [3.63, 3.8) is 0 Å². The summed E-state index contributed by atoms with van der Waals surface area (Å²) in [5, 5.41) is 27.6. The van der Waals surface area contributed by atoms with Crippen LogP contribution in [0, 0.1) is 6.92 Å². The molecule has 0 aliphatic carbocycles. The number of hydrogen-bond donors (Lipinski definition) is 3. The summed E-state index contributed by atoms with van der Waals surface area (Å²) in [6, 6.07) is 11.6. The quantitative estimate of drug-likeness (QED) is 0.627. The number of hydrogen-bond acceptors (Lipinski definition) is 4. The summed E-state index contributed by atoms with van der Waals surface area (Å²) in [4.78, 5) is 14.7. The first-order chi connectivity index (χ1) is 10.6. The van der Waals surface area contributed by atoms with Gasteiger partial charge in [0.05, 0.1) is 11.1 Å². The molecule has 2 aromatic carbocycles. The molecule has 22 heavy (non-hydrogen) atoms. The summed E-state index contributed by atoms with van der Waals surface area (Å²) in [5.74, 6) is -1.00. The van der Waals surface area contributed by atoms with Crippen LogP contribution in [0.2, 0.25) is 0 Å². The minimum Gasteiger partial charge on any atom is -0.507 e. The SMILES string of the molecule is Cc1ccc2[nH]c(O)c(N=NC(=O)c3ccccc3O)c2c1. The van der Waals surface area contributed by atoms with E-state index in [9.17, 15) is 15.0 Å². The zero-order chi connectivity index (χ0) is 15.7. The van der Waals surface area contributed by atoms with Gasteiger partial charge >= 0.3 is 0 Å². The highest BCUT2D eigenvalue weighted by atomic mass is 16.3. The smallest absolute Gasteiger partial charge is 0.299 e. The summed E-state index contributed by atoms with van der Waals surface area (Å²) in [6.07, 6.45) is 0. The number of para-hydroxylation sites is 1. The number of nitrogens with zero attached hydrogens (tertiary/aromatic N) is 2. The van der Waals surface area contributed by atoms with E-state index in [0.29, 0.717) is 10.9 Å². The number of amides is 1. The van der Waals surface area contributed by atoms with Crippen molar-refractivity contribution in [1.29, 1.82) is 0 Å². The standard InChI is InChI=1S/C16H13N3O3/c1-9-6-7-12-11(8-9)14(16(22)17-12)18-19-15(21)10-4-2-3-5-13(10)20/h2-8,17,20,22H,1H3. The molecule has 0 bridgehead atoms. The van der Waals surface area contributed by atoms with Crippen molar-refractivity contribution >= 4 is 22.5 Å². The third-order valence-corrected chi connectivity index (χ3v) is 3.28. The molecule has 0 atom stereocenters. The van der Waals surface area contributed by atoms with E-state index in [1.807, 2.05) is 25.1 Å². The second-order valence-corrected chi connectivity index (χ2v) is 4.89. The van der Waals surface area contributed by atoms with Gasteiger partial charge in [0, 0.05) is 5.39 Å². The number of aromatic hydroxyl groups is 2. The maximum atomic E-state index is 12.0. The van der Waals surface area contributed by atoms with Crippen LogP contribution in [-0.2, 0) is 0 Å². The molecule has 6 heteroatoms. The lowest BCUT2D eigenvalue weighted by Crippen LogP contribution is -1.93. The molecule has 3 rings (SSSR count). The first kappa shape index (κ1) is 13.8. The van der Waals surface area contributed by atoms with Crippen LogP contribution in [0.3, 0.4) is 0 Å². The van der Waals surface area contributed by atoms with Crippen LogP contribution < -0.4 is 0 Å². The number of rotatable bonds is 2. The molecule has 0 unspecified atom stereocenters. The Morgan fingerprint density at radius 1 is 1.14 bits per heavy atom. The van der Waals surface area contributed by atoms with Gasteiger partial charge in [-0.3, -0.25) is 4.79 Å². The maximum absolute atomic E-state index is 12.0. The topological polar surface area (TPSA) is 98.0 Å². The fourth-order valence-electron chi connectivity index (χ4n) is 2.18. The molecule has 0 fully saturated rings. The number of carbonyl (C=O) groups is 1. The lowest BCUT2D eigenvalue weighted by atomic mass is 10.1. The van der Waals surface area contributed by atoms with Crippen molar-refractivity contribution in [1.82, 2.24) is 4.98 Å². The van der Waals surface area contributed by atoms with E-state index in [1.165, 1.54) is 12.1 Å². The van der Waals surface area contributed by atoms with Gasteiger partial charge in [-0.05, 0) is 31.2 Å². The van der Waals surface area contributed by atoms with Gasteiger partial charge in [0.15, 0.2) is 5.69 Å². The highest BCUT2D eigenvalue weighted by Gasteiger charge is 2.13. The third-order valence-electron chi connectivity index (χ3n) is 3.28. The predicted octanol–water partition coefficient (Wildman–Crippen LogP) is 3.81. The van der Waals surface area contributed by atoms with Gasteiger partial charge in [-0.1, -0.05) is 23.8 Å². The fraction of sp³-hybridized carbons (Fsp3) is 0.0625. The number of aryl methyl sites for hydroxylation is 1. The first-order valence-corrected chi connectivity index (χ1v) is 6.61. The second-order valence-electron chi connectivity index (χ2n) is 4.89. The van der Waals surface area contributed by atoms with Gasteiger partial charge in [0.25, 0.3) is 5.91 Å². The monoisotopic (exact) mass is 295 g/mol. The molecular formula is C16H13N3O3. The van der Waals surface area contributed by atoms with Crippen molar-refractivity contribution in [3.05, 3.63) is 53.6 Å². The molecule has 0 saturated heterocycles. The van der Waals surface area contributed by atoms with E-state index in [1.54, 1.807) is 12.1 Å². The average molecular weight is 295 g/mol. The minimum absolute atomic E-state index is 0.0572. The van der Waals surface area contributed by atoms with Gasteiger partial charge in [0.1, 0.15) is 5.75 Å². The molecule has 3 N–H and O–H groups in total. The molecule has 1 amide bonds. The second kappa shape index (κ2) is 5.33. The minimum atomic E-state index is -0.681. The van der Waals surface area contributed by atoms with Crippen LogP contribution in [0.5, 0.6) is 11.6 Å². The highest BCUT2D eigenvalue weighted by molar-refractivity contribution is 5.98. The summed E-state index contributed by atoms with van der Waals surface area (Å²) in [5.41, 5.74) is 1.95. The van der Waals surface area contributed by atoms with E-state index in [-0.39, 0.29) is 22.9 Å². The average Bonchev–Trinajstić information content (AvgIpc) is 2.80. The molecular weight excluding hydrogens is 282 g/mol. The Bertz CT molecular complexity index is 897. The Morgan fingerprint density at radius 3 is 2.68 bits per heavy atom. The number of fused-ring (bicyclic) bond motifs is 1. The van der Waals surface area contributed by atoms with Gasteiger partial charge in [-0.15, -0.1) is 10.2 Å². The highest BCUT2D eigenvalue weighted by Crippen LogP contribution is 2.36. The van der Waals surface area contributed by atoms with Gasteiger partial charge in [0.2, 0.25) is 5.88 Å². The molecule has 3 aromatic rings. The summed E-state index contributed by atoms with van der Waals surface area (Å²) < 4.78 is 0. The molecule has 0 radical (unpaired) electrons. The largest absolute Gasteiger partial charge is 0.507 e. The Balaban J connectivity index is 1.99. The van der Waals surface area contributed by atoms with Crippen LogP contribution in [0.4, 0.5) is 5.69 Å². The van der Waals surface area contributed by atoms with Crippen LogP contribution in [0.25, 0.3) is 10.9 Å². The number of H-pyrrole nitrogens is 1. The third kappa shape index (κ3) is 2.42. The van der Waals surface area contributed by atoms with E-state index < -0.39 is 5.91 Å². The lowest BCUT2D eigenvalue weighted by molar-refractivity contribution is 0.0992. The summed E-state index contributed by atoms with van der Waals surface area (Å²) >= 11 is 0. The Kier molecular flexibility index (Phi) is 3.34. The molecule has 0 spiro atoms. The van der Waals surface area contributed by atoms with Crippen LogP contribution in [-0.4, -0.2) is 21.1 Å². The molecule has 1 aromatic heterocycles. The number of benzene rings is 2. The number of aromatic amines is 1. The molecule has 0 aliphatic heterocycles. The Labute approximate surface area is 125 Å². The van der Waals surface area contributed by atoms with Crippen LogP contribution in [0.15, 0.2) is 52.7 Å². The van der Waals surface area contributed by atoms with E-state index in [2.05, 4.69) is 15.2 Å². The van der Waals surface area contributed by atoms with Crippen LogP contribution in [0.1, 0.15) is 15.9 Å². The van der Waals surface area contributed by atoms with Crippen molar-refractivity contribution in [2.75, 3.05) is 0 Å². The first-order valence-electron chi connectivity index (χ1n) is 6.61. The summed E-state index contributed by atoms with van der Waals surface area (Å²) in [6.45, 7) is 1.91. The number of carbonyl (C=O) groups excluding carboxylic acids is 1. The maximum Gasteiger partial charge on any atom is 0.299 e. The Morgan fingerprint density at radius 2 is 1.91 bits per heavy atom. The van der Waals surface area contributed by atoms with E-state index in [0.717, 1.165) is 5.56 Å². The molecule has 110 valence electrons. The fourth-order valence-corrected chi connectivity index (χ4v) is 2.18. The number of nitrogens with one attached hydrogen (secondary N) is 1. The molecule has 0 saturated carbocycles. The van der Waals surface area contributed by atoms with Gasteiger partial charge in [-0.25, -0.2) is 0 Å². The molecule has 1 heterocycles. The van der Waals surface area contributed by atoms with E-state index >= 15 is 0 Å². The van der Waals surface area contributed by atoms with Gasteiger partial charge < -0.3 is 15.2 Å². The zero-order valence-electron chi connectivity index (χ0n) is 11.7. The lowest BCUT2D eigenvalue weighted by Gasteiger charge is -1.97. The molecule has 0 aliphatic rings. The van der Waals surface area contributed by atoms with Crippen molar-refractivity contribution in [3.8, 4) is 11.6 Å². The van der Waals surface area contributed by atoms with Gasteiger partial charge in [-0.2, -0.15) is 0 Å². The molecule has 6 nitrogen and oxygen atoms in total. The number of azo groups is 1. The number of phenols is 1. The Hall–Kier alpha value is -3.15. The predicted molar refractivity (Wildman–Crippen MR) is 81.7 cm³/mol. The van der Waals surface area contributed by atoms with E-state index in [4.69, 9.17) is 0 Å². The number of phenolic OH excluding ortho intramolecular Hbond substituents is 1. The normalized spacial score (nSPS) is 11.3. The summed E-state index contributed by atoms with van der Waals surface area (Å²) in [7, 11) is 0. The number of aromatic nitrogens is 1. The van der Waals surface area contributed by atoms with Crippen molar-refractivity contribution in [2.45, 2.75) is 6.92 Å². The van der Waals surface area contributed by atoms with Crippen LogP contribution >= 0.6 is 0 Å². The van der Waals surface area contributed by atoms with Crippen molar-refractivity contribution in [2.24, 2.45) is 10.2 Å². The zero-order valence-corrected chi connectivity index (χ0v) is 11.7. The van der Waals surface area contributed by atoms with Crippen molar-refractivity contribution < 1.29 is 15.0 Å².